The zero-order valence-electron chi connectivity index (χ0n) is 12.0. The Balaban J connectivity index is 1.88. The van der Waals surface area contributed by atoms with Crippen LogP contribution in [-0.2, 0) is 0 Å². The van der Waals surface area contributed by atoms with Crippen LogP contribution in [0, 0.1) is 6.92 Å². The molecule has 0 spiro atoms. The Morgan fingerprint density at radius 2 is 2.05 bits per heavy atom. The number of aromatic nitrogens is 2. The number of anilines is 1. The van der Waals surface area contributed by atoms with E-state index in [1.807, 2.05) is 0 Å². The maximum absolute atomic E-state index is 12.3. The number of benzene rings is 1. The van der Waals surface area contributed by atoms with E-state index in [0.717, 1.165) is 12.8 Å². The monoisotopic (exact) mass is 297 g/mol. The van der Waals surface area contributed by atoms with Crippen LogP contribution >= 0.6 is 0 Å². The number of aromatic carboxylic acids is 1. The van der Waals surface area contributed by atoms with E-state index in [1.54, 1.807) is 25.3 Å². The molecular formula is C16H15N3O3. The number of carboxylic acids is 1. The van der Waals surface area contributed by atoms with E-state index < -0.39 is 11.9 Å². The van der Waals surface area contributed by atoms with Crippen LogP contribution in [0.4, 0.5) is 5.69 Å². The van der Waals surface area contributed by atoms with Gasteiger partial charge >= 0.3 is 5.97 Å². The lowest BCUT2D eigenvalue weighted by molar-refractivity contribution is 0.0698. The molecule has 1 aromatic carbocycles. The minimum Gasteiger partial charge on any atom is -0.478 e. The molecule has 0 atom stereocenters. The quantitative estimate of drug-likeness (QED) is 0.905. The molecule has 0 unspecified atom stereocenters. The van der Waals surface area contributed by atoms with Crippen molar-refractivity contribution in [2.45, 2.75) is 25.7 Å². The summed E-state index contributed by atoms with van der Waals surface area (Å²) in [7, 11) is 0. The van der Waals surface area contributed by atoms with Crippen LogP contribution in [0.1, 0.15) is 51.0 Å². The number of carbonyl (C=O) groups is 2. The fourth-order valence-electron chi connectivity index (χ4n) is 2.23. The van der Waals surface area contributed by atoms with Crippen LogP contribution < -0.4 is 5.32 Å². The van der Waals surface area contributed by atoms with Crippen molar-refractivity contribution in [1.82, 2.24) is 9.97 Å². The fraction of sp³-hybridized carbons (Fsp3) is 0.250. The summed E-state index contributed by atoms with van der Waals surface area (Å²) in [6, 6.07) is 6.38. The van der Waals surface area contributed by atoms with Gasteiger partial charge in [-0.25, -0.2) is 14.8 Å². The van der Waals surface area contributed by atoms with Crippen molar-refractivity contribution in [2.75, 3.05) is 5.32 Å². The molecule has 22 heavy (non-hydrogen) atoms. The first kappa shape index (κ1) is 14.2. The minimum absolute atomic E-state index is 0.0600. The highest BCUT2D eigenvalue weighted by Crippen LogP contribution is 2.37. The average molecular weight is 297 g/mol. The molecule has 0 aliphatic heterocycles. The van der Waals surface area contributed by atoms with Gasteiger partial charge in [-0.05, 0) is 37.5 Å². The van der Waals surface area contributed by atoms with Crippen LogP contribution in [0.2, 0.25) is 0 Å². The molecule has 112 valence electrons. The summed E-state index contributed by atoms with van der Waals surface area (Å²) in [5.74, 6) is -0.488. The van der Waals surface area contributed by atoms with E-state index in [9.17, 15) is 14.7 Å². The zero-order chi connectivity index (χ0) is 15.7. The molecular weight excluding hydrogens is 282 g/mol. The van der Waals surface area contributed by atoms with E-state index in [0.29, 0.717) is 23.0 Å². The van der Waals surface area contributed by atoms with Crippen molar-refractivity contribution >= 4 is 17.6 Å². The second-order valence-corrected chi connectivity index (χ2v) is 5.33. The van der Waals surface area contributed by atoms with Gasteiger partial charge in [0.2, 0.25) is 0 Å². The lowest BCUT2D eigenvalue weighted by Gasteiger charge is -2.11. The highest BCUT2D eigenvalue weighted by atomic mass is 16.4. The van der Waals surface area contributed by atoms with Gasteiger partial charge in [-0.3, -0.25) is 4.79 Å². The summed E-state index contributed by atoms with van der Waals surface area (Å²) in [5.41, 5.74) is 1.29. The third-order valence-electron chi connectivity index (χ3n) is 3.59. The lowest BCUT2D eigenvalue weighted by Crippen LogP contribution is -2.18. The van der Waals surface area contributed by atoms with E-state index in [1.165, 1.54) is 12.1 Å². The van der Waals surface area contributed by atoms with Gasteiger partial charge in [0.05, 0.1) is 11.3 Å². The molecule has 6 nitrogen and oxygen atoms in total. The number of para-hydroxylation sites is 1. The number of carboxylic acid groups (broad SMARTS) is 1. The largest absolute Gasteiger partial charge is 0.478 e. The Labute approximate surface area is 127 Å². The Bertz CT molecular complexity index is 754. The number of carbonyl (C=O) groups excluding carboxylic acids is 1. The number of nitrogens with one attached hydrogen (secondary N) is 1. The molecule has 1 aliphatic carbocycles. The van der Waals surface area contributed by atoms with Crippen molar-refractivity contribution in [3.63, 3.8) is 0 Å². The zero-order valence-corrected chi connectivity index (χ0v) is 12.0. The van der Waals surface area contributed by atoms with Crippen molar-refractivity contribution in [1.29, 1.82) is 0 Å². The summed E-state index contributed by atoms with van der Waals surface area (Å²) in [4.78, 5) is 32.0. The maximum atomic E-state index is 12.3. The van der Waals surface area contributed by atoms with E-state index in [4.69, 9.17) is 0 Å². The van der Waals surface area contributed by atoms with Gasteiger partial charge in [-0.15, -0.1) is 0 Å². The molecule has 1 saturated carbocycles. The number of hydrogen-bond donors (Lipinski definition) is 2. The highest BCUT2D eigenvalue weighted by Gasteiger charge is 2.27. The van der Waals surface area contributed by atoms with Gasteiger partial charge in [-0.2, -0.15) is 0 Å². The van der Waals surface area contributed by atoms with Gasteiger partial charge in [0.15, 0.2) is 0 Å². The van der Waals surface area contributed by atoms with E-state index in [-0.39, 0.29) is 11.3 Å². The number of aryl methyl sites for hydroxylation is 1. The predicted molar refractivity (Wildman–Crippen MR) is 80.1 cm³/mol. The summed E-state index contributed by atoms with van der Waals surface area (Å²) in [6.07, 6.45) is 3.66. The first-order valence-electron chi connectivity index (χ1n) is 7.03. The molecule has 1 amide bonds. The number of amides is 1. The second kappa shape index (κ2) is 5.55. The molecule has 6 heteroatoms. The van der Waals surface area contributed by atoms with Crippen LogP contribution in [0.5, 0.6) is 0 Å². The SMILES string of the molecule is Cc1cccc(C(=O)O)c1NC(=O)c1ccnc(C2CC2)n1. The number of nitrogens with zero attached hydrogens (tertiary/aromatic N) is 2. The standard InChI is InChI=1S/C16H15N3O3/c1-9-3-2-4-11(16(21)22)13(9)19-15(20)12-7-8-17-14(18-12)10-5-6-10/h2-4,7-8,10H,5-6H2,1H3,(H,19,20)(H,21,22). The van der Waals surface area contributed by atoms with Crippen molar-refractivity contribution in [3.8, 4) is 0 Å². The second-order valence-electron chi connectivity index (χ2n) is 5.33. The van der Waals surface area contributed by atoms with Crippen LogP contribution in [-0.4, -0.2) is 27.0 Å². The topological polar surface area (TPSA) is 92.2 Å². The number of hydrogen-bond acceptors (Lipinski definition) is 4. The summed E-state index contributed by atoms with van der Waals surface area (Å²) < 4.78 is 0. The molecule has 3 rings (SSSR count). The Morgan fingerprint density at radius 3 is 2.73 bits per heavy atom. The molecule has 2 aromatic rings. The van der Waals surface area contributed by atoms with Gasteiger partial charge < -0.3 is 10.4 Å². The van der Waals surface area contributed by atoms with Gasteiger partial charge in [0.25, 0.3) is 5.91 Å². The van der Waals surface area contributed by atoms with Crippen molar-refractivity contribution in [2.24, 2.45) is 0 Å². The summed E-state index contributed by atoms with van der Waals surface area (Å²) in [5, 5.41) is 11.9. The van der Waals surface area contributed by atoms with Crippen molar-refractivity contribution in [3.05, 3.63) is 53.1 Å². The Morgan fingerprint density at radius 1 is 1.27 bits per heavy atom. The minimum atomic E-state index is -1.08. The van der Waals surface area contributed by atoms with Crippen LogP contribution in [0.25, 0.3) is 0 Å². The molecule has 1 heterocycles. The molecule has 1 aromatic heterocycles. The van der Waals surface area contributed by atoms with Gasteiger partial charge in [0, 0.05) is 12.1 Å². The Kier molecular flexibility index (Phi) is 3.58. The van der Waals surface area contributed by atoms with E-state index >= 15 is 0 Å². The van der Waals surface area contributed by atoms with Gasteiger partial charge in [0.1, 0.15) is 11.5 Å². The Hall–Kier alpha value is -2.76. The fourth-order valence-corrected chi connectivity index (χ4v) is 2.23. The third kappa shape index (κ3) is 2.81. The molecule has 1 fully saturated rings. The van der Waals surface area contributed by atoms with Crippen LogP contribution in [0.3, 0.4) is 0 Å². The normalized spacial score (nSPS) is 13.7. The highest BCUT2D eigenvalue weighted by molar-refractivity contribution is 6.07. The maximum Gasteiger partial charge on any atom is 0.337 e. The molecule has 1 aliphatic rings. The van der Waals surface area contributed by atoms with Crippen molar-refractivity contribution < 1.29 is 14.7 Å². The summed E-state index contributed by atoms with van der Waals surface area (Å²) in [6.45, 7) is 1.75. The lowest BCUT2D eigenvalue weighted by atomic mass is 10.1. The molecule has 2 N–H and O–H groups in total. The smallest absolute Gasteiger partial charge is 0.337 e. The van der Waals surface area contributed by atoms with Gasteiger partial charge in [-0.1, -0.05) is 12.1 Å². The summed E-state index contributed by atoms with van der Waals surface area (Å²) >= 11 is 0. The molecule has 0 bridgehead atoms. The predicted octanol–water partition coefficient (Wildman–Crippen LogP) is 2.61. The first-order chi connectivity index (χ1) is 10.6. The first-order valence-corrected chi connectivity index (χ1v) is 7.03. The average Bonchev–Trinajstić information content (AvgIpc) is 3.34. The number of rotatable bonds is 4. The molecule has 0 saturated heterocycles. The third-order valence-corrected chi connectivity index (χ3v) is 3.59. The van der Waals surface area contributed by atoms with E-state index in [2.05, 4.69) is 15.3 Å². The molecule has 0 radical (unpaired) electrons. The van der Waals surface area contributed by atoms with Crippen LogP contribution in [0.15, 0.2) is 30.5 Å².